The molecule has 1 heterocycles. The highest BCUT2D eigenvalue weighted by molar-refractivity contribution is 9.10. The maximum absolute atomic E-state index is 5.92. The summed E-state index contributed by atoms with van der Waals surface area (Å²) in [5.74, 6) is 1.59. The van der Waals surface area contributed by atoms with Gasteiger partial charge in [-0.05, 0) is 46.6 Å². The zero-order valence-corrected chi connectivity index (χ0v) is 13.3. The fourth-order valence-electron chi connectivity index (χ4n) is 2.35. The summed E-state index contributed by atoms with van der Waals surface area (Å²) in [5, 5.41) is 1.06. The number of benzene rings is 2. The van der Waals surface area contributed by atoms with Crippen LogP contribution in [0.3, 0.4) is 0 Å². The summed E-state index contributed by atoms with van der Waals surface area (Å²) in [6.45, 7) is 2.85. The van der Waals surface area contributed by atoms with Crippen molar-refractivity contribution in [3.63, 3.8) is 0 Å². The van der Waals surface area contributed by atoms with Gasteiger partial charge in [0.1, 0.15) is 23.7 Å². The van der Waals surface area contributed by atoms with Gasteiger partial charge in [-0.25, -0.2) is 0 Å². The third-order valence-corrected chi connectivity index (χ3v) is 4.05. The van der Waals surface area contributed by atoms with Crippen LogP contribution in [-0.4, -0.2) is 0 Å². The van der Waals surface area contributed by atoms with Crippen molar-refractivity contribution < 1.29 is 9.15 Å². The second-order valence-electron chi connectivity index (χ2n) is 4.93. The summed E-state index contributed by atoms with van der Waals surface area (Å²) in [6, 6.07) is 13.9. The Morgan fingerprint density at radius 3 is 2.76 bits per heavy atom. The number of hydrogen-bond donors (Lipinski definition) is 1. The molecule has 0 atom stereocenters. The molecule has 3 aromatic rings. The van der Waals surface area contributed by atoms with Crippen LogP contribution in [0.2, 0.25) is 0 Å². The Balaban J connectivity index is 1.91. The normalized spacial score (nSPS) is 11.0. The second-order valence-corrected chi connectivity index (χ2v) is 5.78. The van der Waals surface area contributed by atoms with Gasteiger partial charge in [0.2, 0.25) is 0 Å². The van der Waals surface area contributed by atoms with E-state index in [4.69, 9.17) is 14.9 Å². The number of fused-ring (bicyclic) bond motifs is 1. The summed E-state index contributed by atoms with van der Waals surface area (Å²) in [6.07, 6.45) is 0. The fourth-order valence-corrected chi connectivity index (χ4v) is 2.95. The maximum Gasteiger partial charge on any atom is 0.134 e. The minimum atomic E-state index is 0.364. The molecule has 0 amide bonds. The lowest BCUT2D eigenvalue weighted by Gasteiger charge is -2.09. The van der Waals surface area contributed by atoms with Crippen LogP contribution in [0.1, 0.15) is 16.9 Å². The van der Waals surface area contributed by atoms with E-state index >= 15 is 0 Å². The number of aryl methyl sites for hydroxylation is 1. The highest BCUT2D eigenvalue weighted by atomic mass is 79.9. The molecule has 0 spiro atoms. The average Bonchev–Trinajstić information content (AvgIpc) is 2.84. The lowest BCUT2D eigenvalue weighted by Crippen LogP contribution is -2.02. The Morgan fingerprint density at radius 1 is 1.19 bits per heavy atom. The molecule has 2 aromatic carbocycles. The van der Waals surface area contributed by atoms with Crippen molar-refractivity contribution in [2.75, 3.05) is 0 Å². The largest absolute Gasteiger partial charge is 0.488 e. The molecule has 4 heteroatoms. The number of rotatable bonds is 4. The van der Waals surface area contributed by atoms with E-state index in [2.05, 4.69) is 15.9 Å². The van der Waals surface area contributed by atoms with Gasteiger partial charge >= 0.3 is 0 Å². The van der Waals surface area contributed by atoms with Crippen molar-refractivity contribution in [3.05, 3.63) is 63.8 Å². The standard InChI is InChI=1S/C17H16BrNO2/c1-11-6-7-16(14(18)8-11)20-10-13-12-4-2-3-5-15(12)21-17(13)9-19/h2-8H,9-10,19H2,1H3. The monoisotopic (exact) mass is 345 g/mol. The molecular weight excluding hydrogens is 330 g/mol. The molecule has 1 aromatic heterocycles. The molecule has 0 unspecified atom stereocenters. The van der Waals surface area contributed by atoms with Crippen molar-refractivity contribution in [1.82, 2.24) is 0 Å². The molecular formula is C17H16BrNO2. The molecule has 0 saturated carbocycles. The predicted octanol–water partition coefficient (Wildman–Crippen LogP) is 4.54. The Bertz CT molecular complexity index is 780. The Kier molecular flexibility index (Phi) is 3.99. The van der Waals surface area contributed by atoms with Gasteiger partial charge in [0.05, 0.1) is 11.0 Å². The first-order valence-corrected chi connectivity index (χ1v) is 7.56. The molecule has 0 saturated heterocycles. The SMILES string of the molecule is Cc1ccc(OCc2c(CN)oc3ccccc23)c(Br)c1. The predicted molar refractivity (Wildman–Crippen MR) is 87.3 cm³/mol. The average molecular weight is 346 g/mol. The minimum absolute atomic E-state index is 0.364. The van der Waals surface area contributed by atoms with E-state index in [-0.39, 0.29) is 0 Å². The number of halogens is 1. The highest BCUT2D eigenvalue weighted by Gasteiger charge is 2.13. The molecule has 0 radical (unpaired) electrons. The van der Waals surface area contributed by atoms with Crippen molar-refractivity contribution in [2.45, 2.75) is 20.1 Å². The maximum atomic E-state index is 5.92. The Morgan fingerprint density at radius 2 is 2.00 bits per heavy atom. The van der Waals surface area contributed by atoms with Crippen LogP contribution in [0, 0.1) is 6.92 Å². The van der Waals surface area contributed by atoms with Crippen LogP contribution >= 0.6 is 15.9 Å². The molecule has 3 nitrogen and oxygen atoms in total. The van der Waals surface area contributed by atoms with Gasteiger partial charge < -0.3 is 14.9 Å². The van der Waals surface area contributed by atoms with Crippen LogP contribution in [0.15, 0.2) is 51.4 Å². The number of furan rings is 1. The molecule has 108 valence electrons. The first kappa shape index (κ1) is 14.2. The smallest absolute Gasteiger partial charge is 0.134 e. The summed E-state index contributed by atoms with van der Waals surface area (Å²) >= 11 is 3.52. The second kappa shape index (κ2) is 5.92. The van der Waals surface area contributed by atoms with Crippen molar-refractivity contribution >= 4 is 26.9 Å². The van der Waals surface area contributed by atoms with Crippen LogP contribution in [0.4, 0.5) is 0 Å². The summed E-state index contributed by atoms with van der Waals surface area (Å²) < 4.78 is 12.6. The van der Waals surface area contributed by atoms with Gasteiger partial charge in [-0.2, -0.15) is 0 Å². The molecule has 0 aliphatic carbocycles. The summed E-state index contributed by atoms with van der Waals surface area (Å²) in [4.78, 5) is 0. The molecule has 0 bridgehead atoms. The van der Waals surface area contributed by atoms with Crippen LogP contribution in [0.25, 0.3) is 11.0 Å². The first-order chi connectivity index (χ1) is 10.2. The molecule has 2 N–H and O–H groups in total. The van der Waals surface area contributed by atoms with Crippen LogP contribution in [-0.2, 0) is 13.2 Å². The van der Waals surface area contributed by atoms with E-state index in [0.717, 1.165) is 32.5 Å². The quantitative estimate of drug-likeness (QED) is 0.754. The summed E-state index contributed by atoms with van der Waals surface area (Å²) in [5.41, 5.74) is 8.82. The molecule has 0 aliphatic heterocycles. The lowest BCUT2D eigenvalue weighted by atomic mass is 10.1. The summed E-state index contributed by atoms with van der Waals surface area (Å²) in [7, 11) is 0. The third-order valence-electron chi connectivity index (χ3n) is 3.43. The van der Waals surface area contributed by atoms with Crippen LogP contribution in [0.5, 0.6) is 5.75 Å². The van der Waals surface area contributed by atoms with Crippen molar-refractivity contribution in [3.8, 4) is 5.75 Å². The van der Waals surface area contributed by atoms with Crippen LogP contribution < -0.4 is 10.5 Å². The minimum Gasteiger partial charge on any atom is -0.488 e. The Labute approximate surface area is 131 Å². The molecule has 3 rings (SSSR count). The third kappa shape index (κ3) is 2.82. The number of nitrogens with two attached hydrogens (primary N) is 1. The fraction of sp³-hybridized carbons (Fsp3) is 0.176. The van der Waals surface area contributed by atoms with Gasteiger partial charge in [-0.1, -0.05) is 24.3 Å². The van der Waals surface area contributed by atoms with Gasteiger partial charge in [-0.3, -0.25) is 0 Å². The number of ether oxygens (including phenoxy) is 1. The van der Waals surface area contributed by atoms with E-state index in [9.17, 15) is 0 Å². The van der Waals surface area contributed by atoms with E-state index in [1.807, 2.05) is 49.4 Å². The van der Waals surface area contributed by atoms with E-state index in [0.29, 0.717) is 13.2 Å². The van der Waals surface area contributed by atoms with Gasteiger partial charge in [0, 0.05) is 10.9 Å². The topological polar surface area (TPSA) is 48.4 Å². The lowest BCUT2D eigenvalue weighted by molar-refractivity contribution is 0.301. The zero-order valence-electron chi connectivity index (χ0n) is 11.7. The molecule has 21 heavy (non-hydrogen) atoms. The first-order valence-electron chi connectivity index (χ1n) is 6.77. The van der Waals surface area contributed by atoms with E-state index in [1.54, 1.807) is 0 Å². The molecule has 0 fully saturated rings. The van der Waals surface area contributed by atoms with Crippen molar-refractivity contribution in [1.29, 1.82) is 0 Å². The highest BCUT2D eigenvalue weighted by Crippen LogP contribution is 2.30. The van der Waals surface area contributed by atoms with Gasteiger partial charge in [0.15, 0.2) is 0 Å². The molecule has 0 aliphatic rings. The van der Waals surface area contributed by atoms with Gasteiger partial charge in [0.25, 0.3) is 0 Å². The van der Waals surface area contributed by atoms with E-state index in [1.165, 1.54) is 5.56 Å². The zero-order chi connectivity index (χ0) is 14.8. The van der Waals surface area contributed by atoms with Gasteiger partial charge in [-0.15, -0.1) is 0 Å². The number of hydrogen-bond acceptors (Lipinski definition) is 3. The van der Waals surface area contributed by atoms with Crippen molar-refractivity contribution in [2.24, 2.45) is 5.73 Å². The Hall–Kier alpha value is -1.78. The number of para-hydroxylation sites is 1. The van der Waals surface area contributed by atoms with E-state index < -0.39 is 0 Å².